The standard InChI is InChI=1S/C14H10BrN3O4/c15-11-5-4-9(7-12(11)18(21)22)14(20)17-10-3-1-2-8(6-10)13(16)19/h1-7H,(H2,16,19)(H,17,20). The van der Waals surface area contributed by atoms with Crippen molar-refractivity contribution in [3.63, 3.8) is 0 Å². The fourth-order valence-corrected chi connectivity index (χ4v) is 2.14. The van der Waals surface area contributed by atoms with Crippen molar-refractivity contribution in [3.05, 3.63) is 68.2 Å². The van der Waals surface area contributed by atoms with Crippen molar-refractivity contribution in [3.8, 4) is 0 Å². The number of halogens is 1. The van der Waals surface area contributed by atoms with Gasteiger partial charge in [0, 0.05) is 22.9 Å². The second-order valence-corrected chi connectivity index (χ2v) is 5.18. The molecule has 0 saturated carbocycles. The highest BCUT2D eigenvalue weighted by atomic mass is 79.9. The van der Waals surface area contributed by atoms with Gasteiger partial charge in [-0.3, -0.25) is 19.7 Å². The van der Waals surface area contributed by atoms with Crippen molar-refractivity contribution in [1.82, 2.24) is 0 Å². The second kappa shape index (κ2) is 6.35. The van der Waals surface area contributed by atoms with Crippen molar-refractivity contribution in [2.45, 2.75) is 0 Å². The molecule has 8 heteroatoms. The molecule has 2 rings (SSSR count). The number of anilines is 1. The van der Waals surface area contributed by atoms with E-state index in [0.717, 1.165) is 6.07 Å². The van der Waals surface area contributed by atoms with Gasteiger partial charge < -0.3 is 11.1 Å². The fourth-order valence-electron chi connectivity index (χ4n) is 1.75. The van der Waals surface area contributed by atoms with E-state index in [-0.39, 0.29) is 21.3 Å². The molecular formula is C14H10BrN3O4. The molecule has 0 unspecified atom stereocenters. The van der Waals surface area contributed by atoms with Crippen LogP contribution >= 0.6 is 15.9 Å². The SMILES string of the molecule is NC(=O)c1cccc(NC(=O)c2ccc(Br)c([N+](=O)[O-])c2)c1. The monoisotopic (exact) mass is 363 g/mol. The van der Waals surface area contributed by atoms with Crippen molar-refractivity contribution >= 4 is 39.1 Å². The lowest BCUT2D eigenvalue weighted by molar-refractivity contribution is -0.385. The molecule has 0 spiro atoms. The number of rotatable bonds is 4. The summed E-state index contributed by atoms with van der Waals surface area (Å²) < 4.78 is 0.282. The van der Waals surface area contributed by atoms with Crippen LogP contribution in [0.25, 0.3) is 0 Å². The van der Waals surface area contributed by atoms with Crippen LogP contribution in [0.5, 0.6) is 0 Å². The van der Waals surface area contributed by atoms with E-state index in [1.165, 1.54) is 24.3 Å². The number of carbonyl (C=O) groups excluding carboxylic acids is 2. The lowest BCUT2D eigenvalue weighted by atomic mass is 10.1. The van der Waals surface area contributed by atoms with E-state index in [9.17, 15) is 19.7 Å². The van der Waals surface area contributed by atoms with Gasteiger partial charge in [0.1, 0.15) is 0 Å². The fraction of sp³-hybridized carbons (Fsp3) is 0. The molecule has 0 heterocycles. The van der Waals surface area contributed by atoms with Crippen molar-refractivity contribution in [1.29, 1.82) is 0 Å². The van der Waals surface area contributed by atoms with Gasteiger partial charge in [-0.2, -0.15) is 0 Å². The zero-order valence-corrected chi connectivity index (χ0v) is 12.7. The second-order valence-electron chi connectivity index (χ2n) is 4.32. The first-order chi connectivity index (χ1) is 10.4. The molecule has 112 valence electrons. The summed E-state index contributed by atoms with van der Waals surface area (Å²) in [4.78, 5) is 33.5. The van der Waals surface area contributed by atoms with E-state index >= 15 is 0 Å². The van der Waals surface area contributed by atoms with E-state index < -0.39 is 16.7 Å². The smallest absolute Gasteiger partial charge is 0.284 e. The van der Waals surface area contributed by atoms with Crippen molar-refractivity contribution < 1.29 is 14.5 Å². The number of carbonyl (C=O) groups is 2. The number of benzene rings is 2. The number of hydrogen-bond donors (Lipinski definition) is 2. The molecule has 0 atom stereocenters. The largest absolute Gasteiger partial charge is 0.366 e. The van der Waals surface area contributed by atoms with Gasteiger partial charge >= 0.3 is 0 Å². The first-order valence-corrected chi connectivity index (χ1v) is 6.83. The molecule has 2 amide bonds. The van der Waals surface area contributed by atoms with Crippen molar-refractivity contribution in [2.75, 3.05) is 5.32 Å². The minimum atomic E-state index is -0.615. The van der Waals surface area contributed by atoms with E-state index in [0.29, 0.717) is 5.69 Å². The normalized spacial score (nSPS) is 10.0. The molecule has 0 aromatic heterocycles. The molecule has 0 aliphatic carbocycles. The Balaban J connectivity index is 2.26. The van der Waals surface area contributed by atoms with Gasteiger partial charge in [0.15, 0.2) is 0 Å². The summed E-state index contributed by atoms with van der Waals surface area (Å²) in [5.74, 6) is -1.15. The maximum atomic E-state index is 12.1. The maximum Gasteiger partial charge on any atom is 0.284 e. The lowest BCUT2D eigenvalue weighted by Gasteiger charge is -2.06. The van der Waals surface area contributed by atoms with Crippen LogP contribution in [0.3, 0.4) is 0 Å². The summed E-state index contributed by atoms with van der Waals surface area (Å²) in [6, 6.07) is 10.1. The predicted molar refractivity (Wildman–Crippen MR) is 83.7 cm³/mol. The van der Waals surface area contributed by atoms with Crippen LogP contribution in [0.15, 0.2) is 46.9 Å². The van der Waals surface area contributed by atoms with E-state index in [1.807, 2.05) is 0 Å². The van der Waals surface area contributed by atoms with E-state index in [1.54, 1.807) is 12.1 Å². The van der Waals surface area contributed by atoms with Crippen LogP contribution in [0.1, 0.15) is 20.7 Å². The minimum absolute atomic E-state index is 0.124. The summed E-state index contributed by atoms with van der Waals surface area (Å²) in [5, 5.41) is 13.4. The molecule has 0 saturated heterocycles. The van der Waals surface area contributed by atoms with Gasteiger partial charge in [0.2, 0.25) is 5.91 Å². The minimum Gasteiger partial charge on any atom is -0.366 e. The molecule has 7 nitrogen and oxygen atoms in total. The summed E-state index contributed by atoms with van der Waals surface area (Å²) in [7, 11) is 0. The Bertz CT molecular complexity index is 776. The van der Waals surface area contributed by atoms with Crippen molar-refractivity contribution in [2.24, 2.45) is 5.73 Å². The van der Waals surface area contributed by atoms with E-state index in [2.05, 4.69) is 21.2 Å². The van der Waals surface area contributed by atoms with Gasteiger partial charge in [0.25, 0.3) is 11.6 Å². The molecule has 3 N–H and O–H groups in total. The van der Waals surface area contributed by atoms with Crippen LogP contribution in [-0.4, -0.2) is 16.7 Å². The average Bonchev–Trinajstić information content (AvgIpc) is 2.47. The number of nitro benzene ring substituents is 1. The molecule has 2 aromatic rings. The molecule has 0 bridgehead atoms. The van der Waals surface area contributed by atoms with Crippen LogP contribution in [0, 0.1) is 10.1 Å². The topological polar surface area (TPSA) is 115 Å². The molecule has 22 heavy (non-hydrogen) atoms. The van der Waals surface area contributed by atoms with Crippen LogP contribution in [-0.2, 0) is 0 Å². The Morgan fingerprint density at radius 2 is 1.86 bits per heavy atom. The van der Waals surface area contributed by atoms with Gasteiger partial charge in [-0.1, -0.05) is 6.07 Å². The maximum absolute atomic E-state index is 12.1. The summed E-state index contributed by atoms with van der Waals surface area (Å²) in [5.41, 5.74) is 5.69. The number of nitro groups is 1. The quantitative estimate of drug-likeness (QED) is 0.641. The Hall–Kier alpha value is -2.74. The Kier molecular flexibility index (Phi) is 4.52. The third-order valence-electron chi connectivity index (χ3n) is 2.81. The van der Waals surface area contributed by atoms with Gasteiger partial charge in [0.05, 0.1) is 9.40 Å². The molecule has 0 aliphatic heterocycles. The van der Waals surface area contributed by atoms with Gasteiger partial charge in [-0.15, -0.1) is 0 Å². The molecule has 2 aromatic carbocycles. The number of hydrogen-bond acceptors (Lipinski definition) is 4. The van der Waals surface area contributed by atoms with E-state index in [4.69, 9.17) is 5.73 Å². The molecular weight excluding hydrogens is 354 g/mol. The zero-order valence-electron chi connectivity index (χ0n) is 11.1. The highest BCUT2D eigenvalue weighted by molar-refractivity contribution is 9.10. The summed E-state index contributed by atoms with van der Waals surface area (Å²) in [6.45, 7) is 0. The summed E-state index contributed by atoms with van der Waals surface area (Å²) >= 11 is 3.05. The summed E-state index contributed by atoms with van der Waals surface area (Å²) in [6.07, 6.45) is 0. The predicted octanol–water partition coefficient (Wildman–Crippen LogP) is 2.71. The highest BCUT2D eigenvalue weighted by Gasteiger charge is 2.16. The highest BCUT2D eigenvalue weighted by Crippen LogP contribution is 2.26. The molecule has 0 fully saturated rings. The Morgan fingerprint density at radius 3 is 2.50 bits per heavy atom. The average molecular weight is 364 g/mol. The number of nitrogens with two attached hydrogens (primary N) is 1. The van der Waals surface area contributed by atoms with Crippen LogP contribution in [0.2, 0.25) is 0 Å². The zero-order chi connectivity index (χ0) is 16.3. The lowest BCUT2D eigenvalue weighted by Crippen LogP contribution is -2.14. The number of nitrogens with zero attached hydrogens (tertiary/aromatic N) is 1. The van der Waals surface area contributed by atoms with Crippen LogP contribution < -0.4 is 11.1 Å². The molecule has 0 aliphatic rings. The molecule has 0 radical (unpaired) electrons. The van der Waals surface area contributed by atoms with Gasteiger partial charge in [-0.05, 0) is 46.3 Å². The Labute approximate surface area is 133 Å². The van der Waals surface area contributed by atoms with Gasteiger partial charge in [-0.25, -0.2) is 0 Å². The first-order valence-electron chi connectivity index (χ1n) is 6.03. The Morgan fingerprint density at radius 1 is 1.14 bits per heavy atom. The number of nitrogens with one attached hydrogen (secondary N) is 1. The third-order valence-corrected chi connectivity index (χ3v) is 3.48. The number of amides is 2. The number of primary amides is 1. The third kappa shape index (κ3) is 3.47. The van der Waals surface area contributed by atoms with Crippen LogP contribution in [0.4, 0.5) is 11.4 Å². The first kappa shape index (κ1) is 15.6.